The first-order valence-electron chi connectivity index (χ1n) is 5.25. The maximum atomic E-state index is 11.6. The highest BCUT2D eigenvalue weighted by Gasteiger charge is 2.07. The molecule has 0 saturated heterocycles. The van der Waals surface area contributed by atoms with Gasteiger partial charge in [-0.05, 0) is 19.4 Å². The molecule has 1 atom stereocenters. The van der Waals surface area contributed by atoms with Crippen LogP contribution in [0.4, 0.5) is 0 Å². The maximum absolute atomic E-state index is 11.6. The molecule has 0 radical (unpaired) electrons. The van der Waals surface area contributed by atoms with E-state index in [0.717, 1.165) is 12.6 Å². The van der Waals surface area contributed by atoms with Crippen molar-refractivity contribution >= 4 is 17.7 Å². The second kappa shape index (κ2) is 7.56. The van der Waals surface area contributed by atoms with Gasteiger partial charge in [0.1, 0.15) is 0 Å². The smallest absolute Gasteiger partial charge is 0.160 e. The minimum absolute atomic E-state index is 0.00785. The van der Waals surface area contributed by atoms with Crippen LogP contribution in [0.15, 0.2) is 24.0 Å². The first kappa shape index (κ1) is 14.3. The molecule has 0 bridgehead atoms. The zero-order valence-electron chi connectivity index (χ0n) is 10.0. The highest BCUT2D eigenvalue weighted by molar-refractivity contribution is 5.96. The van der Waals surface area contributed by atoms with Crippen molar-refractivity contribution in [2.75, 3.05) is 0 Å². The molecule has 0 aromatic carbocycles. The minimum atomic E-state index is -0.0230. The Labute approximate surface area is 96.5 Å². The molecular formula is C12H19N3O. The van der Waals surface area contributed by atoms with E-state index in [1.54, 1.807) is 19.2 Å². The van der Waals surface area contributed by atoms with Gasteiger partial charge in [0.15, 0.2) is 5.78 Å². The van der Waals surface area contributed by atoms with Gasteiger partial charge in [-0.25, -0.2) is 0 Å². The van der Waals surface area contributed by atoms with E-state index >= 15 is 0 Å². The predicted molar refractivity (Wildman–Crippen MR) is 67.0 cm³/mol. The van der Waals surface area contributed by atoms with Crippen molar-refractivity contribution in [1.82, 2.24) is 5.32 Å². The molecule has 0 amide bonds. The van der Waals surface area contributed by atoms with E-state index in [1.165, 1.54) is 6.08 Å². The molecule has 0 aliphatic heterocycles. The quantitative estimate of drug-likeness (QED) is 0.455. The van der Waals surface area contributed by atoms with Gasteiger partial charge >= 0.3 is 0 Å². The zero-order valence-corrected chi connectivity index (χ0v) is 10.0. The topological polar surface area (TPSA) is 76.8 Å². The van der Waals surface area contributed by atoms with Crippen molar-refractivity contribution in [3.8, 4) is 0 Å². The van der Waals surface area contributed by atoms with Gasteiger partial charge in [-0.1, -0.05) is 13.8 Å². The summed E-state index contributed by atoms with van der Waals surface area (Å²) in [5.74, 6) is -0.0151. The van der Waals surface area contributed by atoms with E-state index in [9.17, 15) is 4.79 Å². The molecule has 0 aromatic heterocycles. The molecule has 4 heteroatoms. The molecule has 0 spiro atoms. The van der Waals surface area contributed by atoms with Crippen LogP contribution in [-0.2, 0) is 4.79 Å². The summed E-state index contributed by atoms with van der Waals surface area (Å²) in [4.78, 5) is 11.6. The lowest BCUT2D eigenvalue weighted by molar-refractivity contribution is -0.117. The Balaban J connectivity index is 4.49. The largest absolute Gasteiger partial charge is 0.360 e. The van der Waals surface area contributed by atoms with Crippen LogP contribution in [0, 0.1) is 16.7 Å². The lowest BCUT2D eigenvalue weighted by Crippen LogP contribution is -2.13. The van der Waals surface area contributed by atoms with E-state index < -0.39 is 0 Å². The lowest BCUT2D eigenvalue weighted by Gasteiger charge is -2.04. The number of hydrogen-bond acceptors (Lipinski definition) is 4. The summed E-state index contributed by atoms with van der Waals surface area (Å²) >= 11 is 0. The second-order valence-corrected chi connectivity index (χ2v) is 3.62. The number of allylic oxidation sites excluding steroid dienone is 3. The Kier molecular flexibility index (Phi) is 6.76. The molecule has 88 valence electrons. The van der Waals surface area contributed by atoms with Gasteiger partial charge in [-0.2, -0.15) is 0 Å². The van der Waals surface area contributed by atoms with E-state index in [0.29, 0.717) is 11.4 Å². The predicted octanol–water partition coefficient (Wildman–Crippen LogP) is 2.28. The monoisotopic (exact) mass is 221 g/mol. The standard InChI is InChI=1S/C12H19N3O/c1-4-9(2)12(16)7-11(8-13)15-6-5-10(3)14/h5-9,13-15H,4H2,1-3H3/b6-5-,11-7+,13-8?,14-10?. The molecule has 0 aromatic rings. The molecule has 1 unspecified atom stereocenters. The fraction of sp³-hybridized carbons (Fsp3) is 0.417. The fourth-order valence-corrected chi connectivity index (χ4v) is 0.885. The van der Waals surface area contributed by atoms with Gasteiger partial charge < -0.3 is 16.1 Å². The Bertz CT molecular complexity index is 329. The van der Waals surface area contributed by atoms with Crippen molar-refractivity contribution in [2.45, 2.75) is 27.2 Å². The van der Waals surface area contributed by atoms with Gasteiger partial charge in [-0.15, -0.1) is 0 Å². The third kappa shape index (κ3) is 5.90. The van der Waals surface area contributed by atoms with Crippen LogP contribution in [0.5, 0.6) is 0 Å². The van der Waals surface area contributed by atoms with Crippen LogP contribution in [0.3, 0.4) is 0 Å². The third-order valence-electron chi connectivity index (χ3n) is 2.13. The lowest BCUT2D eigenvalue weighted by atomic mass is 10.0. The fourth-order valence-electron chi connectivity index (χ4n) is 0.885. The van der Waals surface area contributed by atoms with Crippen LogP contribution >= 0.6 is 0 Å². The van der Waals surface area contributed by atoms with Crippen molar-refractivity contribution < 1.29 is 4.79 Å². The zero-order chi connectivity index (χ0) is 12.6. The molecule has 0 aliphatic rings. The molecule has 4 nitrogen and oxygen atoms in total. The van der Waals surface area contributed by atoms with Crippen LogP contribution < -0.4 is 5.32 Å². The molecule has 0 aliphatic carbocycles. The van der Waals surface area contributed by atoms with E-state index in [1.807, 2.05) is 13.8 Å². The summed E-state index contributed by atoms with van der Waals surface area (Å²) < 4.78 is 0. The second-order valence-electron chi connectivity index (χ2n) is 3.62. The van der Waals surface area contributed by atoms with E-state index in [-0.39, 0.29) is 11.7 Å². The minimum Gasteiger partial charge on any atom is -0.360 e. The highest BCUT2D eigenvalue weighted by Crippen LogP contribution is 2.03. The molecular weight excluding hydrogens is 202 g/mol. The summed E-state index contributed by atoms with van der Waals surface area (Å²) in [5.41, 5.74) is 0.841. The van der Waals surface area contributed by atoms with Gasteiger partial charge in [0.25, 0.3) is 0 Å². The first-order chi connectivity index (χ1) is 7.51. The van der Waals surface area contributed by atoms with Crippen LogP contribution in [0.25, 0.3) is 0 Å². The molecule has 3 N–H and O–H groups in total. The van der Waals surface area contributed by atoms with Crippen molar-refractivity contribution in [1.29, 1.82) is 10.8 Å². The number of ketones is 1. The average molecular weight is 221 g/mol. The Hall–Kier alpha value is -1.71. The van der Waals surface area contributed by atoms with Gasteiger partial charge in [-0.3, -0.25) is 4.79 Å². The van der Waals surface area contributed by atoms with E-state index in [2.05, 4.69) is 5.32 Å². The normalized spacial score (nSPS) is 13.6. The number of carbonyl (C=O) groups excluding carboxylic acids is 1. The summed E-state index contributed by atoms with van der Waals surface area (Å²) in [6.07, 6.45) is 6.40. The van der Waals surface area contributed by atoms with Crippen LogP contribution in [-0.4, -0.2) is 17.7 Å². The Morgan fingerprint density at radius 3 is 2.56 bits per heavy atom. The molecule has 0 fully saturated rings. The van der Waals surface area contributed by atoms with Gasteiger partial charge in [0, 0.05) is 30.1 Å². The number of nitrogens with one attached hydrogen (secondary N) is 3. The molecule has 0 rings (SSSR count). The van der Waals surface area contributed by atoms with Crippen molar-refractivity contribution in [3.63, 3.8) is 0 Å². The van der Waals surface area contributed by atoms with Gasteiger partial charge in [0.05, 0.1) is 5.70 Å². The SMILES string of the molecule is CCC(C)C(=O)/C=C(\C=N)N/C=C\C(C)=N. The van der Waals surface area contributed by atoms with Crippen molar-refractivity contribution in [3.05, 3.63) is 24.0 Å². The van der Waals surface area contributed by atoms with E-state index in [4.69, 9.17) is 10.8 Å². The first-order valence-corrected chi connectivity index (χ1v) is 5.25. The number of rotatable bonds is 7. The number of hydrogen-bond donors (Lipinski definition) is 3. The maximum Gasteiger partial charge on any atom is 0.160 e. The Morgan fingerprint density at radius 2 is 2.12 bits per heavy atom. The molecule has 0 heterocycles. The summed E-state index contributed by atoms with van der Waals surface area (Å²) in [6.45, 7) is 5.46. The average Bonchev–Trinajstić information content (AvgIpc) is 2.25. The van der Waals surface area contributed by atoms with Crippen LogP contribution in [0.2, 0.25) is 0 Å². The summed E-state index contributed by atoms with van der Waals surface area (Å²) in [7, 11) is 0. The summed E-state index contributed by atoms with van der Waals surface area (Å²) in [6, 6.07) is 0. The number of carbonyl (C=O) groups is 1. The third-order valence-corrected chi connectivity index (χ3v) is 2.13. The molecule has 0 saturated carbocycles. The van der Waals surface area contributed by atoms with Crippen molar-refractivity contribution in [2.24, 2.45) is 5.92 Å². The Morgan fingerprint density at radius 1 is 1.50 bits per heavy atom. The van der Waals surface area contributed by atoms with Crippen LogP contribution in [0.1, 0.15) is 27.2 Å². The summed E-state index contributed by atoms with van der Waals surface area (Å²) in [5, 5.41) is 17.1. The van der Waals surface area contributed by atoms with Gasteiger partial charge in [0.2, 0.25) is 0 Å². The molecule has 16 heavy (non-hydrogen) atoms. The highest BCUT2D eigenvalue weighted by atomic mass is 16.1.